The van der Waals surface area contributed by atoms with Gasteiger partial charge in [0.25, 0.3) is 0 Å². The molecule has 0 bridgehead atoms. The van der Waals surface area contributed by atoms with Crippen LogP contribution in [0.3, 0.4) is 0 Å². The lowest BCUT2D eigenvalue weighted by atomic mass is 9.81. The van der Waals surface area contributed by atoms with Crippen LogP contribution in [0.25, 0.3) is 0 Å². The van der Waals surface area contributed by atoms with Crippen LogP contribution in [0, 0.1) is 18.6 Å². The fourth-order valence-corrected chi connectivity index (χ4v) is 1.36. The highest BCUT2D eigenvalue weighted by molar-refractivity contribution is 5.30. The van der Waals surface area contributed by atoms with Crippen LogP contribution in [0.5, 0.6) is 0 Å². The first-order valence-electron chi connectivity index (χ1n) is 4.85. The number of halogens is 2. The van der Waals surface area contributed by atoms with E-state index >= 15 is 0 Å². The van der Waals surface area contributed by atoms with E-state index < -0.39 is 11.6 Å². The third kappa shape index (κ3) is 1.79. The third-order valence-corrected chi connectivity index (χ3v) is 2.89. The quantitative estimate of drug-likeness (QED) is 0.674. The van der Waals surface area contributed by atoms with Gasteiger partial charge in [-0.15, -0.1) is 0 Å². The van der Waals surface area contributed by atoms with Gasteiger partial charge in [0.2, 0.25) is 0 Å². The minimum absolute atomic E-state index is 0.307. The molecule has 0 spiro atoms. The zero-order valence-electron chi connectivity index (χ0n) is 9.12. The SMILES string of the molecule is CCC(C)(C)c1ccc(C)c(F)c1F. The molecule has 0 fully saturated rings. The molecule has 0 saturated carbocycles. The summed E-state index contributed by atoms with van der Waals surface area (Å²) in [6, 6.07) is 3.31. The fourth-order valence-electron chi connectivity index (χ4n) is 1.36. The van der Waals surface area contributed by atoms with Gasteiger partial charge in [0.15, 0.2) is 11.6 Å². The molecule has 0 unspecified atom stereocenters. The molecule has 0 aliphatic rings. The molecule has 0 nitrogen and oxygen atoms in total. The van der Waals surface area contributed by atoms with Crippen molar-refractivity contribution in [1.29, 1.82) is 0 Å². The molecular weight excluding hydrogens is 182 g/mol. The summed E-state index contributed by atoms with van der Waals surface area (Å²) in [6.07, 6.45) is 0.784. The molecule has 0 aromatic heterocycles. The van der Waals surface area contributed by atoms with Crippen LogP contribution in [0.2, 0.25) is 0 Å². The Labute approximate surface area is 84.0 Å². The predicted octanol–water partition coefficient (Wildman–Crippen LogP) is 3.96. The summed E-state index contributed by atoms with van der Waals surface area (Å²) in [5, 5.41) is 0. The highest BCUT2D eigenvalue weighted by atomic mass is 19.2. The average Bonchev–Trinajstić information content (AvgIpc) is 2.14. The molecule has 1 aromatic rings. The van der Waals surface area contributed by atoms with Crippen LogP contribution in [0.15, 0.2) is 12.1 Å². The van der Waals surface area contributed by atoms with Crippen LogP contribution in [0.1, 0.15) is 38.3 Å². The van der Waals surface area contributed by atoms with Crippen molar-refractivity contribution in [2.24, 2.45) is 0 Å². The van der Waals surface area contributed by atoms with Crippen molar-refractivity contribution in [2.45, 2.75) is 39.5 Å². The molecule has 0 amide bonds. The van der Waals surface area contributed by atoms with Gasteiger partial charge in [0.1, 0.15) is 0 Å². The van der Waals surface area contributed by atoms with E-state index in [1.54, 1.807) is 19.1 Å². The Kier molecular flexibility index (Phi) is 2.93. The zero-order chi connectivity index (χ0) is 10.9. The number of hydrogen-bond donors (Lipinski definition) is 0. The van der Waals surface area contributed by atoms with Crippen molar-refractivity contribution >= 4 is 0 Å². The van der Waals surface area contributed by atoms with Gasteiger partial charge in [0, 0.05) is 0 Å². The smallest absolute Gasteiger partial charge is 0.162 e. The Morgan fingerprint density at radius 2 is 1.71 bits per heavy atom. The van der Waals surface area contributed by atoms with E-state index in [0.29, 0.717) is 11.1 Å². The number of aryl methyl sites for hydroxylation is 1. The van der Waals surface area contributed by atoms with Gasteiger partial charge in [-0.05, 0) is 29.9 Å². The number of rotatable bonds is 2. The monoisotopic (exact) mass is 198 g/mol. The van der Waals surface area contributed by atoms with Gasteiger partial charge < -0.3 is 0 Å². The van der Waals surface area contributed by atoms with Crippen molar-refractivity contribution in [1.82, 2.24) is 0 Å². The van der Waals surface area contributed by atoms with E-state index in [1.165, 1.54) is 0 Å². The van der Waals surface area contributed by atoms with E-state index in [1.807, 2.05) is 20.8 Å². The van der Waals surface area contributed by atoms with E-state index in [4.69, 9.17) is 0 Å². The molecule has 0 aliphatic heterocycles. The fraction of sp³-hybridized carbons (Fsp3) is 0.500. The molecule has 0 atom stereocenters. The summed E-state index contributed by atoms with van der Waals surface area (Å²) < 4.78 is 26.9. The second kappa shape index (κ2) is 3.68. The molecule has 0 aliphatic carbocycles. The Hall–Kier alpha value is -0.920. The first kappa shape index (κ1) is 11.2. The molecule has 0 N–H and O–H groups in total. The third-order valence-electron chi connectivity index (χ3n) is 2.89. The van der Waals surface area contributed by atoms with Gasteiger partial charge in [-0.3, -0.25) is 0 Å². The lowest BCUT2D eigenvalue weighted by Gasteiger charge is -2.24. The Bertz CT molecular complexity index is 340. The summed E-state index contributed by atoms with van der Waals surface area (Å²) in [7, 11) is 0. The standard InChI is InChI=1S/C12H16F2/c1-5-12(3,4)9-7-6-8(2)10(13)11(9)14/h6-7H,5H2,1-4H3. The normalized spacial score (nSPS) is 11.9. The summed E-state index contributed by atoms with van der Waals surface area (Å²) in [5.41, 5.74) is 0.514. The average molecular weight is 198 g/mol. The minimum Gasteiger partial charge on any atom is -0.203 e. The number of hydrogen-bond acceptors (Lipinski definition) is 0. The van der Waals surface area contributed by atoms with Crippen molar-refractivity contribution in [3.8, 4) is 0 Å². The highest BCUT2D eigenvalue weighted by Gasteiger charge is 2.24. The van der Waals surface area contributed by atoms with E-state index in [0.717, 1.165) is 6.42 Å². The van der Waals surface area contributed by atoms with Crippen LogP contribution < -0.4 is 0 Å². The van der Waals surface area contributed by atoms with Gasteiger partial charge in [-0.25, -0.2) is 8.78 Å². The lowest BCUT2D eigenvalue weighted by Crippen LogP contribution is -2.18. The molecule has 78 valence electrons. The van der Waals surface area contributed by atoms with Gasteiger partial charge in [-0.2, -0.15) is 0 Å². The Morgan fingerprint density at radius 3 is 2.21 bits per heavy atom. The maximum atomic E-state index is 13.6. The van der Waals surface area contributed by atoms with E-state index in [-0.39, 0.29) is 5.41 Å². The van der Waals surface area contributed by atoms with Crippen molar-refractivity contribution in [3.63, 3.8) is 0 Å². The zero-order valence-corrected chi connectivity index (χ0v) is 9.12. The van der Waals surface area contributed by atoms with Crippen LogP contribution in [-0.2, 0) is 5.41 Å². The molecule has 0 radical (unpaired) electrons. The highest BCUT2D eigenvalue weighted by Crippen LogP contribution is 2.30. The van der Waals surface area contributed by atoms with Crippen LogP contribution in [0.4, 0.5) is 8.78 Å². The maximum Gasteiger partial charge on any atom is 0.162 e. The largest absolute Gasteiger partial charge is 0.203 e. The molecule has 0 heterocycles. The molecule has 14 heavy (non-hydrogen) atoms. The number of benzene rings is 1. The molecule has 2 heteroatoms. The van der Waals surface area contributed by atoms with Gasteiger partial charge in [-0.1, -0.05) is 32.9 Å². The van der Waals surface area contributed by atoms with E-state index in [9.17, 15) is 8.78 Å². The van der Waals surface area contributed by atoms with Gasteiger partial charge in [0.05, 0.1) is 0 Å². The topological polar surface area (TPSA) is 0 Å². The predicted molar refractivity (Wildman–Crippen MR) is 54.4 cm³/mol. The second-order valence-corrected chi connectivity index (χ2v) is 4.30. The Balaban J connectivity index is 3.31. The Morgan fingerprint density at radius 1 is 1.14 bits per heavy atom. The van der Waals surface area contributed by atoms with Crippen LogP contribution in [-0.4, -0.2) is 0 Å². The van der Waals surface area contributed by atoms with Crippen molar-refractivity contribution < 1.29 is 8.78 Å². The lowest BCUT2D eigenvalue weighted by molar-refractivity contribution is 0.435. The summed E-state index contributed by atoms with van der Waals surface area (Å²) in [5.74, 6) is -1.42. The summed E-state index contributed by atoms with van der Waals surface area (Å²) in [6.45, 7) is 7.37. The second-order valence-electron chi connectivity index (χ2n) is 4.30. The molecule has 1 aromatic carbocycles. The molecule has 1 rings (SSSR count). The summed E-state index contributed by atoms with van der Waals surface area (Å²) in [4.78, 5) is 0. The van der Waals surface area contributed by atoms with Gasteiger partial charge >= 0.3 is 0 Å². The summed E-state index contributed by atoms with van der Waals surface area (Å²) >= 11 is 0. The first-order chi connectivity index (χ1) is 6.40. The van der Waals surface area contributed by atoms with Crippen molar-refractivity contribution in [3.05, 3.63) is 34.9 Å². The molecular formula is C12H16F2. The first-order valence-corrected chi connectivity index (χ1v) is 4.85. The maximum absolute atomic E-state index is 13.6. The van der Waals surface area contributed by atoms with Crippen molar-refractivity contribution in [2.75, 3.05) is 0 Å². The van der Waals surface area contributed by atoms with Crippen LogP contribution >= 0.6 is 0 Å². The minimum atomic E-state index is -0.718. The molecule has 0 saturated heterocycles. The van der Waals surface area contributed by atoms with E-state index in [2.05, 4.69) is 0 Å².